The highest BCUT2D eigenvalue weighted by atomic mass is 16.3. The monoisotopic (exact) mass is 264 g/mol. The summed E-state index contributed by atoms with van der Waals surface area (Å²) in [7, 11) is 0. The predicted octanol–water partition coefficient (Wildman–Crippen LogP) is 1.05. The Balaban J connectivity index is 2.13. The first kappa shape index (κ1) is 13.8. The summed E-state index contributed by atoms with van der Waals surface area (Å²) >= 11 is 0. The number of aromatic nitrogens is 1. The molecule has 1 aliphatic carbocycles. The van der Waals surface area contributed by atoms with Crippen molar-refractivity contribution in [2.45, 2.75) is 38.1 Å². The summed E-state index contributed by atoms with van der Waals surface area (Å²) in [5.41, 5.74) is -0.797. The van der Waals surface area contributed by atoms with Crippen molar-refractivity contribution in [3.63, 3.8) is 0 Å². The van der Waals surface area contributed by atoms with E-state index in [1.54, 1.807) is 0 Å². The maximum atomic E-state index is 12.1. The molecule has 19 heavy (non-hydrogen) atoms. The summed E-state index contributed by atoms with van der Waals surface area (Å²) in [4.78, 5) is 26.5. The molecular weight excluding hydrogens is 244 g/mol. The molecule has 1 saturated carbocycles. The van der Waals surface area contributed by atoms with E-state index in [0.29, 0.717) is 5.92 Å². The smallest absolute Gasteiger partial charge is 0.257 e. The van der Waals surface area contributed by atoms with Crippen molar-refractivity contribution >= 4 is 5.91 Å². The maximum absolute atomic E-state index is 12.1. The summed E-state index contributed by atoms with van der Waals surface area (Å²) < 4.78 is 0. The van der Waals surface area contributed by atoms with Crippen molar-refractivity contribution in [1.82, 2.24) is 10.3 Å². The maximum Gasteiger partial charge on any atom is 0.257 e. The number of aliphatic hydroxyl groups is 1. The molecule has 0 aliphatic heterocycles. The molecule has 104 valence electrons. The van der Waals surface area contributed by atoms with Crippen molar-refractivity contribution < 1.29 is 9.90 Å². The molecule has 1 heterocycles. The largest absolute Gasteiger partial charge is 0.394 e. The van der Waals surface area contributed by atoms with Crippen LogP contribution in [-0.2, 0) is 0 Å². The van der Waals surface area contributed by atoms with Crippen molar-refractivity contribution in [3.05, 3.63) is 34.2 Å². The lowest BCUT2D eigenvalue weighted by Gasteiger charge is -2.38. The van der Waals surface area contributed by atoms with Gasteiger partial charge in [0.05, 0.1) is 12.1 Å². The van der Waals surface area contributed by atoms with Crippen LogP contribution in [0.4, 0.5) is 0 Å². The van der Waals surface area contributed by atoms with Gasteiger partial charge in [-0.15, -0.1) is 0 Å². The van der Waals surface area contributed by atoms with Crippen LogP contribution >= 0.6 is 0 Å². The first-order valence-electron chi connectivity index (χ1n) is 6.67. The first-order chi connectivity index (χ1) is 9.06. The van der Waals surface area contributed by atoms with E-state index < -0.39 is 11.4 Å². The highest BCUT2D eigenvalue weighted by Crippen LogP contribution is 2.31. The number of pyridine rings is 1. The van der Waals surface area contributed by atoms with Gasteiger partial charge < -0.3 is 15.4 Å². The van der Waals surface area contributed by atoms with Gasteiger partial charge in [0.1, 0.15) is 5.56 Å². The summed E-state index contributed by atoms with van der Waals surface area (Å²) in [6.45, 7) is 2.08. The Hall–Kier alpha value is -1.62. The summed E-state index contributed by atoms with van der Waals surface area (Å²) in [6.07, 6.45) is 6.34. The van der Waals surface area contributed by atoms with E-state index in [2.05, 4.69) is 17.2 Å². The standard InChI is InChI=1S/C14H20N2O3/c1-10-2-5-14(9-17,6-3-10)16-13(19)11-8-15-7-4-12(11)18/h4,7-8,10,17H,2-3,5-6,9H2,1H3,(H,15,18)(H,16,19). The van der Waals surface area contributed by atoms with Crippen LogP contribution in [0.2, 0.25) is 0 Å². The minimum atomic E-state index is -0.578. The number of nitrogens with one attached hydrogen (secondary N) is 2. The Morgan fingerprint density at radius 1 is 1.53 bits per heavy atom. The fraction of sp³-hybridized carbons (Fsp3) is 0.571. The zero-order valence-corrected chi connectivity index (χ0v) is 11.1. The summed E-state index contributed by atoms with van der Waals surface area (Å²) in [5.74, 6) is 0.210. The lowest BCUT2D eigenvalue weighted by molar-refractivity contribution is 0.0716. The van der Waals surface area contributed by atoms with E-state index in [1.165, 1.54) is 18.5 Å². The fourth-order valence-corrected chi connectivity index (χ4v) is 2.54. The molecule has 0 aromatic carbocycles. The number of aromatic amines is 1. The number of hydrogen-bond donors (Lipinski definition) is 3. The molecule has 0 atom stereocenters. The van der Waals surface area contributed by atoms with E-state index in [1.807, 2.05) is 0 Å². The minimum absolute atomic E-state index is 0.0871. The molecule has 1 amide bonds. The van der Waals surface area contributed by atoms with Crippen LogP contribution in [0.25, 0.3) is 0 Å². The number of amides is 1. The van der Waals surface area contributed by atoms with Crippen molar-refractivity contribution in [3.8, 4) is 0 Å². The Morgan fingerprint density at radius 3 is 2.79 bits per heavy atom. The molecule has 1 fully saturated rings. The van der Waals surface area contributed by atoms with Crippen molar-refractivity contribution in [2.24, 2.45) is 5.92 Å². The third-order valence-electron chi connectivity index (χ3n) is 3.98. The van der Waals surface area contributed by atoms with Crippen molar-refractivity contribution in [2.75, 3.05) is 6.61 Å². The second kappa shape index (κ2) is 5.57. The third-order valence-corrected chi connectivity index (χ3v) is 3.98. The van der Waals surface area contributed by atoms with Crippen LogP contribution in [-0.4, -0.2) is 28.1 Å². The van der Waals surface area contributed by atoms with Gasteiger partial charge in [-0.3, -0.25) is 9.59 Å². The van der Waals surface area contributed by atoms with Crippen LogP contribution in [0, 0.1) is 5.92 Å². The molecule has 5 nitrogen and oxygen atoms in total. The lowest BCUT2D eigenvalue weighted by Crippen LogP contribution is -2.53. The Bertz CT molecular complexity index is 501. The number of hydrogen-bond acceptors (Lipinski definition) is 3. The second-order valence-electron chi connectivity index (χ2n) is 5.50. The highest BCUT2D eigenvalue weighted by molar-refractivity contribution is 5.94. The SMILES string of the molecule is CC1CCC(CO)(NC(=O)c2c[nH]ccc2=O)CC1. The zero-order valence-electron chi connectivity index (χ0n) is 11.1. The van der Waals surface area contributed by atoms with E-state index >= 15 is 0 Å². The quantitative estimate of drug-likeness (QED) is 0.763. The van der Waals surface area contributed by atoms with E-state index in [0.717, 1.165) is 25.7 Å². The molecule has 0 saturated heterocycles. The van der Waals surface area contributed by atoms with Gasteiger partial charge in [0, 0.05) is 18.5 Å². The lowest BCUT2D eigenvalue weighted by atomic mass is 9.77. The van der Waals surface area contributed by atoms with Crippen LogP contribution < -0.4 is 10.7 Å². The molecule has 0 spiro atoms. The Morgan fingerprint density at radius 2 is 2.21 bits per heavy atom. The summed E-state index contributed by atoms with van der Waals surface area (Å²) in [5, 5.41) is 12.4. The molecular formula is C14H20N2O3. The molecule has 0 unspecified atom stereocenters. The highest BCUT2D eigenvalue weighted by Gasteiger charge is 2.35. The van der Waals surface area contributed by atoms with Gasteiger partial charge >= 0.3 is 0 Å². The number of aliphatic hydroxyl groups excluding tert-OH is 1. The number of carbonyl (C=O) groups is 1. The summed E-state index contributed by atoms with van der Waals surface area (Å²) in [6, 6.07) is 1.32. The van der Waals surface area contributed by atoms with Crippen LogP contribution in [0.5, 0.6) is 0 Å². The molecule has 1 aromatic heterocycles. The van der Waals surface area contributed by atoms with Crippen LogP contribution in [0.1, 0.15) is 43.0 Å². The van der Waals surface area contributed by atoms with E-state index in [-0.39, 0.29) is 17.6 Å². The minimum Gasteiger partial charge on any atom is -0.394 e. The molecule has 1 aromatic rings. The number of rotatable bonds is 3. The van der Waals surface area contributed by atoms with Gasteiger partial charge in [-0.25, -0.2) is 0 Å². The first-order valence-corrected chi connectivity index (χ1v) is 6.67. The van der Waals surface area contributed by atoms with E-state index in [4.69, 9.17) is 0 Å². The molecule has 1 aliphatic rings. The molecule has 0 radical (unpaired) electrons. The van der Waals surface area contributed by atoms with Gasteiger partial charge in [0.2, 0.25) is 0 Å². The molecule has 0 bridgehead atoms. The fourth-order valence-electron chi connectivity index (χ4n) is 2.54. The normalized spacial score (nSPS) is 26.9. The van der Waals surface area contributed by atoms with Crippen LogP contribution in [0.3, 0.4) is 0 Å². The number of carbonyl (C=O) groups excluding carboxylic acids is 1. The molecule has 5 heteroatoms. The van der Waals surface area contributed by atoms with Gasteiger partial charge in [0.15, 0.2) is 5.43 Å². The van der Waals surface area contributed by atoms with Crippen molar-refractivity contribution in [1.29, 1.82) is 0 Å². The average molecular weight is 264 g/mol. The Kier molecular flexibility index (Phi) is 4.04. The predicted molar refractivity (Wildman–Crippen MR) is 72.0 cm³/mol. The van der Waals surface area contributed by atoms with Crippen LogP contribution in [0.15, 0.2) is 23.3 Å². The topological polar surface area (TPSA) is 82.2 Å². The Labute approximate surface area is 112 Å². The van der Waals surface area contributed by atoms with Gasteiger partial charge in [0.25, 0.3) is 5.91 Å². The average Bonchev–Trinajstić information content (AvgIpc) is 2.42. The van der Waals surface area contributed by atoms with E-state index in [9.17, 15) is 14.7 Å². The van der Waals surface area contributed by atoms with Gasteiger partial charge in [-0.2, -0.15) is 0 Å². The van der Waals surface area contributed by atoms with Gasteiger partial charge in [-0.05, 0) is 31.6 Å². The zero-order chi connectivity index (χ0) is 13.9. The molecule has 2 rings (SSSR count). The third kappa shape index (κ3) is 3.04. The molecule has 3 N–H and O–H groups in total. The number of H-pyrrole nitrogens is 1. The second-order valence-corrected chi connectivity index (χ2v) is 5.50. The van der Waals surface area contributed by atoms with Gasteiger partial charge in [-0.1, -0.05) is 6.92 Å².